The molecule has 120 valence electrons. The number of nitro groups is 1. The molecule has 1 heterocycles. The molecule has 1 aromatic carbocycles. The first-order valence-electron chi connectivity index (χ1n) is 7.55. The molecule has 7 heteroatoms. The van der Waals surface area contributed by atoms with Gasteiger partial charge in [0.2, 0.25) is 5.69 Å². The normalized spacial score (nSPS) is 19.9. The lowest BCUT2D eigenvalue weighted by Gasteiger charge is -2.36. The van der Waals surface area contributed by atoms with Crippen LogP contribution in [0.15, 0.2) is 30.5 Å². The maximum absolute atomic E-state index is 12.2. The van der Waals surface area contributed by atoms with Gasteiger partial charge in [0.15, 0.2) is 0 Å². The molecule has 3 rings (SSSR count). The van der Waals surface area contributed by atoms with Gasteiger partial charge in [0.25, 0.3) is 5.91 Å². The van der Waals surface area contributed by atoms with Crippen LogP contribution in [0.25, 0.3) is 0 Å². The zero-order valence-electron chi connectivity index (χ0n) is 12.8. The van der Waals surface area contributed by atoms with E-state index in [1.165, 1.54) is 11.1 Å². The maximum atomic E-state index is 12.2. The van der Waals surface area contributed by atoms with E-state index >= 15 is 0 Å². The summed E-state index contributed by atoms with van der Waals surface area (Å²) in [6.07, 6.45) is 4.13. The predicted octanol–water partition coefficient (Wildman–Crippen LogP) is 2.34. The van der Waals surface area contributed by atoms with Crippen LogP contribution in [0.3, 0.4) is 0 Å². The summed E-state index contributed by atoms with van der Waals surface area (Å²) in [4.78, 5) is 22.5. The van der Waals surface area contributed by atoms with E-state index in [2.05, 4.69) is 34.6 Å². The van der Waals surface area contributed by atoms with Crippen molar-refractivity contribution in [2.75, 3.05) is 6.54 Å². The summed E-state index contributed by atoms with van der Waals surface area (Å²) in [5.74, 6) is -0.501. The van der Waals surface area contributed by atoms with Crippen molar-refractivity contribution in [2.24, 2.45) is 0 Å². The Morgan fingerprint density at radius 3 is 3.04 bits per heavy atom. The molecule has 1 atom stereocenters. The van der Waals surface area contributed by atoms with Crippen molar-refractivity contribution >= 4 is 11.6 Å². The number of hydrogen-bond donors (Lipinski definition) is 2. The average Bonchev–Trinajstić information content (AvgIpc) is 3.03. The van der Waals surface area contributed by atoms with E-state index in [0.717, 1.165) is 25.5 Å². The molecular formula is C16H18N4O3. The molecule has 1 amide bonds. The minimum absolute atomic E-state index is 0.109. The largest absolute Gasteiger partial charge is 0.350 e. The molecule has 0 saturated heterocycles. The molecule has 1 aromatic heterocycles. The van der Waals surface area contributed by atoms with Gasteiger partial charge in [-0.1, -0.05) is 31.2 Å². The van der Waals surface area contributed by atoms with Gasteiger partial charge in [-0.05, 0) is 30.4 Å². The molecule has 0 radical (unpaired) electrons. The van der Waals surface area contributed by atoms with Gasteiger partial charge in [-0.3, -0.25) is 20.0 Å². The zero-order chi connectivity index (χ0) is 16.4. The first kappa shape index (κ1) is 15.2. The molecule has 2 N–H and O–H groups in total. The number of aryl methyl sites for hydroxylation is 1. The third kappa shape index (κ3) is 2.81. The fourth-order valence-corrected chi connectivity index (χ4v) is 3.26. The molecule has 0 bridgehead atoms. The van der Waals surface area contributed by atoms with Crippen LogP contribution in [0.1, 0.15) is 41.4 Å². The minimum Gasteiger partial charge on any atom is -0.350 e. The number of fused-ring (bicyclic) bond motifs is 1. The third-order valence-corrected chi connectivity index (χ3v) is 4.52. The van der Waals surface area contributed by atoms with Crippen LogP contribution >= 0.6 is 0 Å². The molecule has 0 saturated carbocycles. The number of hydrogen-bond acceptors (Lipinski definition) is 4. The number of rotatable bonds is 4. The third-order valence-electron chi connectivity index (χ3n) is 4.52. The Labute approximate surface area is 133 Å². The highest BCUT2D eigenvalue weighted by Crippen LogP contribution is 2.36. The van der Waals surface area contributed by atoms with Gasteiger partial charge in [0, 0.05) is 12.0 Å². The molecule has 1 unspecified atom stereocenters. The number of carbonyl (C=O) groups is 1. The Balaban J connectivity index is 1.77. The summed E-state index contributed by atoms with van der Waals surface area (Å²) < 4.78 is 0. The van der Waals surface area contributed by atoms with E-state index in [0.29, 0.717) is 6.54 Å². The van der Waals surface area contributed by atoms with E-state index in [4.69, 9.17) is 0 Å². The average molecular weight is 314 g/mol. The highest BCUT2D eigenvalue weighted by molar-refractivity contribution is 5.96. The van der Waals surface area contributed by atoms with Gasteiger partial charge in [-0.25, -0.2) is 0 Å². The molecule has 0 fully saturated rings. The van der Waals surface area contributed by atoms with Gasteiger partial charge in [-0.15, -0.1) is 0 Å². The number of amides is 1. The van der Waals surface area contributed by atoms with E-state index in [1.807, 2.05) is 12.1 Å². The minimum atomic E-state index is -0.615. The summed E-state index contributed by atoms with van der Waals surface area (Å²) in [7, 11) is 0. The van der Waals surface area contributed by atoms with E-state index in [-0.39, 0.29) is 16.8 Å². The van der Waals surface area contributed by atoms with Crippen LogP contribution in [-0.4, -0.2) is 27.6 Å². The molecule has 2 aromatic rings. The van der Waals surface area contributed by atoms with Crippen LogP contribution in [-0.2, 0) is 11.8 Å². The second-order valence-corrected chi connectivity index (χ2v) is 6.14. The molecule has 23 heavy (non-hydrogen) atoms. The number of benzene rings is 1. The van der Waals surface area contributed by atoms with Crippen LogP contribution in [0.4, 0.5) is 5.69 Å². The Morgan fingerprint density at radius 2 is 2.26 bits per heavy atom. The number of nitrogens with zero attached hydrogens (tertiary/aromatic N) is 2. The fraction of sp³-hybridized carbons (Fsp3) is 0.375. The molecular weight excluding hydrogens is 296 g/mol. The summed E-state index contributed by atoms with van der Waals surface area (Å²) in [5.41, 5.74) is 1.97. The number of carbonyl (C=O) groups excluding carboxylic acids is 1. The van der Waals surface area contributed by atoms with Crippen molar-refractivity contribution in [3.63, 3.8) is 0 Å². The molecule has 1 aliphatic rings. The van der Waals surface area contributed by atoms with Gasteiger partial charge < -0.3 is 5.32 Å². The second-order valence-electron chi connectivity index (χ2n) is 6.14. The van der Waals surface area contributed by atoms with Gasteiger partial charge in [0.1, 0.15) is 6.20 Å². The number of nitrogens with one attached hydrogen (secondary N) is 2. The molecule has 7 nitrogen and oxygen atoms in total. The number of H-pyrrole nitrogens is 1. The second kappa shape index (κ2) is 5.83. The van der Waals surface area contributed by atoms with E-state index in [9.17, 15) is 14.9 Å². The zero-order valence-corrected chi connectivity index (χ0v) is 12.8. The first-order chi connectivity index (χ1) is 11.0. The van der Waals surface area contributed by atoms with E-state index < -0.39 is 10.8 Å². The van der Waals surface area contributed by atoms with Crippen LogP contribution in [0.5, 0.6) is 0 Å². The van der Waals surface area contributed by atoms with Crippen molar-refractivity contribution in [1.29, 1.82) is 0 Å². The Kier molecular flexibility index (Phi) is 3.85. The van der Waals surface area contributed by atoms with Gasteiger partial charge in [0.05, 0.1) is 4.92 Å². The lowest BCUT2D eigenvalue weighted by atomic mass is 9.71. The van der Waals surface area contributed by atoms with Crippen molar-refractivity contribution in [2.45, 2.75) is 31.6 Å². The summed E-state index contributed by atoms with van der Waals surface area (Å²) in [5, 5.41) is 19.7. The standard InChI is InChI=1S/C16H18N4O3/c1-16(8-4-6-11-5-2-3-7-12(11)16)10-17-15(21)14-13(20(22)23)9-18-19-14/h2-3,5,7,9H,4,6,8,10H2,1H3,(H,17,21)(H,18,19). The number of aromatic amines is 1. The summed E-state index contributed by atoms with van der Waals surface area (Å²) in [6, 6.07) is 8.24. The quantitative estimate of drug-likeness (QED) is 0.668. The van der Waals surface area contributed by atoms with Crippen molar-refractivity contribution in [3.8, 4) is 0 Å². The fourth-order valence-electron chi connectivity index (χ4n) is 3.26. The van der Waals surface area contributed by atoms with Crippen LogP contribution in [0.2, 0.25) is 0 Å². The summed E-state index contributed by atoms with van der Waals surface area (Å²) in [6.45, 7) is 2.55. The molecule has 0 spiro atoms. The highest BCUT2D eigenvalue weighted by Gasteiger charge is 2.33. The number of aromatic nitrogens is 2. The molecule has 0 aliphatic heterocycles. The Hall–Kier alpha value is -2.70. The summed E-state index contributed by atoms with van der Waals surface area (Å²) >= 11 is 0. The van der Waals surface area contributed by atoms with E-state index in [1.54, 1.807) is 0 Å². The predicted molar refractivity (Wildman–Crippen MR) is 84.3 cm³/mol. The van der Waals surface area contributed by atoms with Crippen molar-refractivity contribution in [3.05, 3.63) is 57.4 Å². The monoisotopic (exact) mass is 314 g/mol. The highest BCUT2D eigenvalue weighted by atomic mass is 16.6. The lowest BCUT2D eigenvalue weighted by molar-refractivity contribution is -0.385. The van der Waals surface area contributed by atoms with Crippen molar-refractivity contribution in [1.82, 2.24) is 15.5 Å². The molecule has 1 aliphatic carbocycles. The van der Waals surface area contributed by atoms with Crippen LogP contribution < -0.4 is 5.32 Å². The van der Waals surface area contributed by atoms with Gasteiger partial charge in [-0.2, -0.15) is 5.10 Å². The topological polar surface area (TPSA) is 101 Å². The van der Waals surface area contributed by atoms with Crippen molar-refractivity contribution < 1.29 is 9.72 Å². The Bertz CT molecular complexity index is 755. The first-order valence-corrected chi connectivity index (χ1v) is 7.55. The van der Waals surface area contributed by atoms with Crippen LogP contribution in [0, 0.1) is 10.1 Å². The smallest absolute Gasteiger partial charge is 0.319 e. The SMILES string of the molecule is CC1(CNC(=O)c2[nH]ncc2[N+](=O)[O-])CCCc2ccccc21. The lowest BCUT2D eigenvalue weighted by Crippen LogP contribution is -2.41. The Morgan fingerprint density at radius 1 is 1.48 bits per heavy atom. The maximum Gasteiger partial charge on any atom is 0.319 e. The van der Waals surface area contributed by atoms with Gasteiger partial charge >= 0.3 is 5.69 Å².